The summed E-state index contributed by atoms with van der Waals surface area (Å²) in [6.45, 7) is 1.79. The first-order valence-electron chi connectivity index (χ1n) is 5.48. The van der Waals surface area contributed by atoms with E-state index in [1.54, 1.807) is 6.92 Å². The van der Waals surface area contributed by atoms with Crippen LogP contribution in [0.1, 0.15) is 22.8 Å². The largest absolute Gasteiger partial charge is 0.478 e. The number of carbonyl (C=O) groups is 1. The maximum atomic E-state index is 12.1. The first-order chi connectivity index (χ1) is 9.44. The molecule has 0 unspecified atom stereocenters. The van der Waals surface area contributed by atoms with Gasteiger partial charge in [0.25, 0.3) is 10.0 Å². The lowest BCUT2D eigenvalue weighted by Gasteiger charge is -2.08. The van der Waals surface area contributed by atoms with Gasteiger partial charge in [0.05, 0.1) is 10.5 Å². The van der Waals surface area contributed by atoms with E-state index in [0.717, 1.165) is 17.6 Å². The summed E-state index contributed by atoms with van der Waals surface area (Å²) in [6.07, 6.45) is 0.496. The number of aromatic carboxylic acids is 1. The molecule has 8 nitrogen and oxygen atoms in total. The number of carboxylic acids is 1. The third-order valence-electron chi connectivity index (χ3n) is 2.52. The molecular formula is C10H10N4O4S2. The Bertz CT molecular complexity index is 728. The zero-order valence-electron chi connectivity index (χ0n) is 10.3. The van der Waals surface area contributed by atoms with Gasteiger partial charge >= 0.3 is 5.97 Å². The molecule has 20 heavy (non-hydrogen) atoms. The standard InChI is InChI=1S/C10H10N4O4S2/c1-2-6-3-4-7(5-8(6)9(15)16)20(17,18)12-10-11-13-14-19-10/h3-5H,2H2,1H3,(H,15,16)(H,11,12,14). The quantitative estimate of drug-likeness (QED) is 0.843. The van der Waals surface area contributed by atoms with E-state index in [4.69, 9.17) is 5.11 Å². The van der Waals surface area contributed by atoms with Crippen LogP contribution in [0, 0.1) is 0 Å². The highest BCUT2D eigenvalue weighted by atomic mass is 32.2. The van der Waals surface area contributed by atoms with E-state index in [1.165, 1.54) is 12.1 Å². The number of aryl methyl sites for hydroxylation is 1. The van der Waals surface area contributed by atoms with Crippen LogP contribution < -0.4 is 4.72 Å². The molecule has 0 bridgehead atoms. The van der Waals surface area contributed by atoms with Crippen molar-refractivity contribution in [3.63, 3.8) is 0 Å². The topological polar surface area (TPSA) is 122 Å². The van der Waals surface area contributed by atoms with Crippen molar-refractivity contribution in [2.45, 2.75) is 18.2 Å². The van der Waals surface area contributed by atoms with E-state index in [-0.39, 0.29) is 15.6 Å². The van der Waals surface area contributed by atoms with E-state index in [9.17, 15) is 13.2 Å². The average Bonchev–Trinajstić information content (AvgIpc) is 2.89. The van der Waals surface area contributed by atoms with Crippen LogP contribution in [0.25, 0.3) is 0 Å². The molecule has 1 aromatic carbocycles. The van der Waals surface area contributed by atoms with Crippen LogP contribution >= 0.6 is 11.5 Å². The Kier molecular flexibility index (Phi) is 3.95. The fraction of sp³-hybridized carbons (Fsp3) is 0.200. The van der Waals surface area contributed by atoms with Crippen molar-refractivity contribution in [2.75, 3.05) is 4.72 Å². The fourth-order valence-electron chi connectivity index (χ4n) is 1.58. The molecule has 0 aliphatic rings. The predicted octanol–water partition coefficient (Wildman–Crippen LogP) is 0.994. The highest BCUT2D eigenvalue weighted by molar-refractivity contribution is 7.93. The third-order valence-corrected chi connectivity index (χ3v) is 4.50. The maximum Gasteiger partial charge on any atom is 0.336 e. The Morgan fingerprint density at radius 2 is 2.20 bits per heavy atom. The SMILES string of the molecule is CCc1ccc(S(=O)(=O)Nc2nnns2)cc1C(=O)O. The minimum Gasteiger partial charge on any atom is -0.478 e. The zero-order valence-corrected chi connectivity index (χ0v) is 11.9. The lowest BCUT2D eigenvalue weighted by atomic mass is 10.1. The Balaban J connectivity index is 2.42. The number of hydrogen-bond acceptors (Lipinski definition) is 7. The van der Waals surface area contributed by atoms with Crippen LogP contribution in [-0.2, 0) is 16.4 Å². The summed E-state index contributed by atoms with van der Waals surface area (Å²) >= 11 is 0.784. The summed E-state index contributed by atoms with van der Waals surface area (Å²) in [5.74, 6) is -1.17. The van der Waals surface area contributed by atoms with Crippen molar-refractivity contribution >= 4 is 32.7 Å². The molecule has 0 amide bonds. The van der Waals surface area contributed by atoms with Gasteiger partial charge < -0.3 is 5.11 Å². The minimum absolute atomic E-state index is 0.0152. The zero-order chi connectivity index (χ0) is 14.8. The van der Waals surface area contributed by atoms with Crippen molar-refractivity contribution in [3.8, 4) is 0 Å². The van der Waals surface area contributed by atoms with Gasteiger partial charge in [0.2, 0.25) is 5.13 Å². The van der Waals surface area contributed by atoms with Crippen LogP contribution in [0.5, 0.6) is 0 Å². The van der Waals surface area contributed by atoms with Gasteiger partial charge in [-0.3, -0.25) is 4.72 Å². The molecule has 0 saturated heterocycles. The van der Waals surface area contributed by atoms with Crippen molar-refractivity contribution in [3.05, 3.63) is 29.3 Å². The predicted molar refractivity (Wildman–Crippen MR) is 71.3 cm³/mol. The van der Waals surface area contributed by atoms with Crippen molar-refractivity contribution < 1.29 is 18.3 Å². The third kappa shape index (κ3) is 2.91. The number of nitrogens with zero attached hydrogens (tertiary/aromatic N) is 3. The van der Waals surface area contributed by atoms with Gasteiger partial charge in [-0.25, -0.2) is 13.2 Å². The number of aromatic nitrogens is 3. The number of carboxylic acid groups (broad SMARTS) is 1. The molecule has 0 spiro atoms. The summed E-state index contributed by atoms with van der Waals surface area (Å²) in [5.41, 5.74) is 0.528. The smallest absolute Gasteiger partial charge is 0.336 e. The van der Waals surface area contributed by atoms with Crippen LogP contribution in [0.3, 0.4) is 0 Å². The Morgan fingerprint density at radius 3 is 2.75 bits per heavy atom. The van der Waals surface area contributed by atoms with E-state index < -0.39 is 16.0 Å². The van der Waals surface area contributed by atoms with Crippen molar-refractivity contribution in [1.29, 1.82) is 0 Å². The highest BCUT2D eigenvalue weighted by Gasteiger charge is 2.19. The van der Waals surface area contributed by atoms with Crippen LogP contribution in [0.15, 0.2) is 23.1 Å². The minimum atomic E-state index is -3.91. The molecule has 10 heteroatoms. The average molecular weight is 314 g/mol. The van der Waals surface area contributed by atoms with Crippen molar-refractivity contribution in [1.82, 2.24) is 14.8 Å². The second-order valence-corrected chi connectivity index (χ2v) is 6.17. The summed E-state index contributed by atoms with van der Waals surface area (Å²) < 4.78 is 29.8. The monoisotopic (exact) mass is 314 g/mol. The van der Waals surface area contributed by atoms with E-state index in [0.29, 0.717) is 12.0 Å². The molecule has 0 radical (unpaired) electrons. The molecule has 0 aliphatic carbocycles. The summed E-state index contributed by atoms with van der Waals surface area (Å²) in [6, 6.07) is 3.95. The molecule has 2 N–H and O–H groups in total. The number of nitrogens with one attached hydrogen (secondary N) is 1. The molecule has 0 atom stereocenters. The number of rotatable bonds is 5. The molecule has 0 fully saturated rings. The normalized spacial score (nSPS) is 11.2. The maximum absolute atomic E-state index is 12.1. The van der Waals surface area contributed by atoms with E-state index >= 15 is 0 Å². The second-order valence-electron chi connectivity index (χ2n) is 3.75. The highest BCUT2D eigenvalue weighted by Crippen LogP contribution is 2.20. The molecule has 0 saturated carbocycles. The van der Waals surface area contributed by atoms with Gasteiger partial charge in [-0.05, 0) is 29.3 Å². The Morgan fingerprint density at radius 1 is 1.45 bits per heavy atom. The molecule has 1 heterocycles. The number of benzene rings is 1. The van der Waals surface area contributed by atoms with Crippen LogP contribution in [-0.4, -0.2) is 34.3 Å². The van der Waals surface area contributed by atoms with Gasteiger partial charge in [0.1, 0.15) is 0 Å². The second kappa shape index (κ2) is 5.51. The first kappa shape index (κ1) is 14.3. The van der Waals surface area contributed by atoms with Gasteiger partial charge in [0.15, 0.2) is 0 Å². The Hall–Kier alpha value is -2.07. The molecule has 2 aromatic rings. The van der Waals surface area contributed by atoms with Crippen LogP contribution in [0.2, 0.25) is 0 Å². The first-order valence-corrected chi connectivity index (χ1v) is 7.73. The molecule has 106 valence electrons. The Labute approximate surface area is 118 Å². The molecule has 0 aliphatic heterocycles. The van der Waals surface area contributed by atoms with Gasteiger partial charge in [-0.1, -0.05) is 22.6 Å². The molecular weight excluding hydrogens is 304 g/mol. The summed E-state index contributed by atoms with van der Waals surface area (Å²) in [5, 5.41) is 15.9. The van der Waals surface area contributed by atoms with E-state index in [2.05, 4.69) is 19.5 Å². The molecule has 2 rings (SSSR count). The van der Waals surface area contributed by atoms with Crippen LogP contribution in [0.4, 0.5) is 5.13 Å². The lowest BCUT2D eigenvalue weighted by molar-refractivity contribution is 0.0695. The van der Waals surface area contributed by atoms with Crippen molar-refractivity contribution in [2.24, 2.45) is 0 Å². The van der Waals surface area contributed by atoms with Gasteiger partial charge in [0, 0.05) is 11.5 Å². The number of hydrogen-bond donors (Lipinski definition) is 2. The van der Waals surface area contributed by atoms with Gasteiger partial charge in [-0.15, -0.1) is 0 Å². The molecule has 1 aromatic heterocycles. The van der Waals surface area contributed by atoms with Gasteiger partial charge in [-0.2, -0.15) is 0 Å². The number of anilines is 1. The summed E-state index contributed by atoms with van der Waals surface area (Å²) in [7, 11) is -3.91. The fourth-order valence-corrected chi connectivity index (χ4v) is 3.19. The lowest BCUT2D eigenvalue weighted by Crippen LogP contribution is -2.14. The summed E-state index contributed by atoms with van der Waals surface area (Å²) in [4.78, 5) is 11.0. The number of sulfonamides is 1. The van der Waals surface area contributed by atoms with E-state index in [1.807, 2.05) is 0 Å².